The first-order valence-corrected chi connectivity index (χ1v) is 42.5. The highest BCUT2D eigenvalue weighted by atomic mass is 19.2. The standard InChI is InChI=1S/C31H36F2N4O6.C17H18F2N2O4.C16H24N2O2.C15H14F2N2O5.C15H16F2N2O2/c1-4-24-25(26(20-11-12-22(32)23(33)19-20)37(29(40)35-24)30(41)43-3)27(38)34-15-8-16-36-17-13-31(14-18-36,28(39)42-2)21-9-6-5-7-10-21;1-5-13-14(9(2)22)15(10-6-7-11(18)12(19)8-10)21(17(23)25-4)16(20-13)24-3;1-20-15(19)16(14-6-3-2-4-7-14)8-12-18(13-9-16)11-5-10-17;1-3-10-11(13(20)21)12(7-4-5-8(16)9(17)6-7)19(14(22)18-10)15(23)24-2;1-4-12-13(8(2)20)14(19-15(18-12)21-3)9-5-6-10(16)11(17)7-9/h5-7,9-12,19,26H,4,8,13-18H2,1-3H3,(H,34,38)(H,35,40);6-8,15H,5H2,1-4H3;2-4,6-7H,5,8-13,17H2,1H3;4-6,12H,3H2,1-2H3,(H,18,22)(H,20,21);5-7,14H,4H2,1-3H3,(H,18,19). The van der Waals surface area contributed by atoms with Crippen LogP contribution in [0.5, 0.6) is 0 Å². The van der Waals surface area contributed by atoms with E-state index in [1.165, 1.54) is 60.5 Å². The molecule has 6 aromatic rings. The molecule has 6 aliphatic rings. The minimum absolute atomic E-state index is 0.0298. The summed E-state index contributed by atoms with van der Waals surface area (Å²) in [5.74, 6) is -11.5. The highest BCUT2D eigenvalue weighted by Crippen LogP contribution is 2.43. The number of piperidine rings is 2. The van der Waals surface area contributed by atoms with E-state index in [2.05, 4.69) is 45.8 Å². The van der Waals surface area contributed by atoms with Gasteiger partial charge < -0.3 is 75.1 Å². The summed E-state index contributed by atoms with van der Waals surface area (Å²) in [6.45, 7) is 15.6. The Morgan fingerprint density at radius 1 is 0.451 bits per heavy atom. The molecule has 6 aliphatic heterocycles. The largest absolute Gasteiger partial charge is 0.478 e. The number of methoxy groups -OCH3 is 7. The van der Waals surface area contributed by atoms with Crippen molar-refractivity contribution in [3.63, 3.8) is 0 Å². The summed E-state index contributed by atoms with van der Waals surface area (Å²) in [6.07, 6.45) is 2.73. The van der Waals surface area contributed by atoms with E-state index in [-0.39, 0.29) is 99.7 Å². The predicted molar refractivity (Wildman–Crippen MR) is 469 cm³/mol. The molecule has 7 N–H and O–H groups in total. The van der Waals surface area contributed by atoms with Crippen molar-refractivity contribution in [1.29, 1.82) is 0 Å². The predicted octanol–water partition coefficient (Wildman–Crippen LogP) is 14.5. The number of Topliss-reactive ketones (excluding diaryl/α,β-unsaturated/α-hetero) is 2. The molecule has 39 heteroatoms. The molecule has 6 aromatic carbocycles. The van der Waals surface area contributed by atoms with E-state index in [1.807, 2.05) is 67.6 Å². The number of amidine groups is 2. The summed E-state index contributed by atoms with van der Waals surface area (Å²) in [4.78, 5) is 152. The average Bonchev–Trinajstić information content (AvgIpc) is 0.754. The van der Waals surface area contributed by atoms with Crippen LogP contribution in [0.1, 0.15) is 163 Å². The number of hydrogen-bond donors (Lipinski definition) is 6. The number of halogens is 8. The third-order valence-corrected chi connectivity index (χ3v) is 23.0. The van der Waals surface area contributed by atoms with Gasteiger partial charge in [0.25, 0.3) is 11.9 Å². The Morgan fingerprint density at radius 2 is 0.820 bits per heavy atom. The Bertz CT molecular complexity index is 5470. The molecular weight excluding hydrogens is 1750 g/mol. The summed E-state index contributed by atoms with van der Waals surface area (Å²) < 4.78 is 143. The zero-order valence-electron chi connectivity index (χ0n) is 75.8. The Labute approximate surface area is 763 Å². The van der Waals surface area contributed by atoms with Gasteiger partial charge in [0.05, 0.1) is 77.4 Å². The number of nitrogens with two attached hydrogens (primary N) is 1. The number of carboxylic acid groups (broad SMARTS) is 1. The smallest absolute Gasteiger partial charge is 0.418 e. The van der Waals surface area contributed by atoms with Gasteiger partial charge >= 0.3 is 54.3 Å². The van der Waals surface area contributed by atoms with Crippen molar-refractivity contribution >= 4 is 77.8 Å². The van der Waals surface area contributed by atoms with Crippen molar-refractivity contribution in [2.24, 2.45) is 15.7 Å². The molecule has 8 amide bonds. The molecule has 12 rings (SSSR count). The lowest BCUT2D eigenvalue weighted by atomic mass is 9.72. The molecule has 714 valence electrons. The van der Waals surface area contributed by atoms with Crippen molar-refractivity contribution in [2.45, 2.75) is 141 Å². The van der Waals surface area contributed by atoms with Gasteiger partial charge in [-0.25, -0.2) is 88.6 Å². The zero-order chi connectivity index (χ0) is 97.9. The molecule has 6 heterocycles. The van der Waals surface area contributed by atoms with Crippen molar-refractivity contribution in [3.8, 4) is 0 Å². The van der Waals surface area contributed by atoms with Crippen LogP contribution in [0.3, 0.4) is 0 Å². The molecule has 4 atom stereocenters. The fourth-order valence-electron chi connectivity index (χ4n) is 16.3. The van der Waals surface area contributed by atoms with Crippen LogP contribution in [-0.4, -0.2) is 209 Å². The number of carbonyl (C=O) groups excluding carboxylic acids is 10. The lowest BCUT2D eigenvalue weighted by Gasteiger charge is -2.40. The van der Waals surface area contributed by atoms with Gasteiger partial charge in [-0.05, 0) is 206 Å². The highest BCUT2D eigenvalue weighted by molar-refractivity contribution is 6.04. The first-order valence-electron chi connectivity index (χ1n) is 42.5. The van der Waals surface area contributed by atoms with Gasteiger partial charge in [-0.1, -0.05) is 113 Å². The van der Waals surface area contributed by atoms with E-state index in [9.17, 15) is 93.0 Å². The van der Waals surface area contributed by atoms with Crippen LogP contribution < -0.4 is 27.0 Å². The molecular formula is C94H108F8N12O19. The van der Waals surface area contributed by atoms with Gasteiger partial charge in [-0.15, -0.1) is 0 Å². The number of nitrogens with one attached hydrogen (secondary N) is 4. The number of allylic oxidation sites excluding steroid dienone is 4. The Kier molecular flexibility index (Phi) is 38.1. The number of aliphatic carboxylic acids is 1. The van der Waals surface area contributed by atoms with E-state index in [0.29, 0.717) is 84.1 Å². The monoisotopic (exact) mass is 1860 g/mol. The summed E-state index contributed by atoms with van der Waals surface area (Å²) in [7, 11) is 8.88. The summed E-state index contributed by atoms with van der Waals surface area (Å²) in [5.41, 5.74) is 8.70. The quantitative estimate of drug-likeness (QED) is 0.0150. The normalized spacial score (nSPS) is 18.1. The lowest BCUT2D eigenvalue weighted by molar-refractivity contribution is -0.150. The van der Waals surface area contributed by atoms with Gasteiger partial charge in [0.1, 0.15) is 24.2 Å². The molecule has 4 unspecified atom stereocenters. The highest BCUT2D eigenvalue weighted by Gasteiger charge is 2.49. The second-order valence-electron chi connectivity index (χ2n) is 30.7. The topological polar surface area (TPSA) is 388 Å². The minimum atomic E-state index is -1.45. The summed E-state index contributed by atoms with van der Waals surface area (Å²) >= 11 is 0. The molecule has 0 saturated carbocycles. The number of benzene rings is 6. The van der Waals surface area contributed by atoms with Gasteiger partial charge in [0, 0.05) is 34.8 Å². The second kappa shape index (κ2) is 48.5. The molecule has 0 aliphatic carbocycles. The maximum atomic E-state index is 14.2. The van der Waals surface area contributed by atoms with Crippen LogP contribution in [0.2, 0.25) is 0 Å². The zero-order valence-corrected chi connectivity index (χ0v) is 75.8. The third kappa shape index (κ3) is 24.6. The number of carbonyl (C=O) groups is 11. The summed E-state index contributed by atoms with van der Waals surface area (Å²) in [5, 5.41) is 20.1. The number of aliphatic imine (C=N–C) groups is 2. The third-order valence-electron chi connectivity index (χ3n) is 23.0. The maximum absolute atomic E-state index is 14.2. The Morgan fingerprint density at radius 3 is 1.17 bits per heavy atom. The van der Waals surface area contributed by atoms with Crippen LogP contribution in [0, 0.1) is 46.5 Å². The lowest BCUT2D eigenvalue weighted by Crippen LogP contribution is -2.52. The molecule has 31 nitrogen and oxygen atoms in total. The fourth-order valence-corrected chi connectivity index (χ4v) is 16.3. The number of imide groups is 2. The van der Waals surface area contributed by atoms with Crippen LogP contribution in [0.15, 0.2) is 189 Å². The number of urea groups is 2. The first-order chi connectivity index (χ1) is 63.5. The van der Waals surface area contributed by atoms with Gasteiger partial charge in [-0.3, -0.25) is 24.0 Å². The number of nitrogens with zero attached hydrogens (tertiary/aromatic N) is 7. The van der Waals surface area contributed by atoms with Crippen LogP contribution in [0.25, 0.3) is 0 Å². The van der Waals surface area contributed by atoms with Crippen molar-refractivity contribution in [3.05, 3.63) is 258 Å². The van der Waals surface area contributed by atoms with Crippen LogP contribution in [0.4, 0.5) is 59.1 Å². The number of likely N-dealkylation sites (tertiary alicyclic amines) is 2. The number of carboxylic acids is 1. The number of amides is 8. The number of hydrogen-bond acceptors (Lipinski definition) is 24. The van der Waals surface area contributed by atoms with Gasteiger partial charge in [0.2, 0.25) is 0 Å². The van der Waals surface area contributed by atoms with E-state index in [1.54, 1.807) is 20.8 Å². The molecule has 0 bridgehead atoms. The van der Waals surface area contributed by atoms with E-state index >= 15 is 0 Å². The number of ketones is 2. The molecule has 0 spiro atoms. The number of esters is 2. The SMILES string of the molecule is CCC1=C(C(=O)NCCCN2CCC(C(=O)OC)(c3ccccc3)CC2)C(c2ccc(F)c(F)c2)N(C(=O)OC)C(=O)N1.CCC1=C(C(=O)O)C(c2ccc(F)c(F)c2)N(C(=O)OC)C(=O)N1.CCC1=C(C(C)=O)C(c2ccc(F)c(F)c2)N(C(=O)OC)C(OC)=N1.CCC1=C(C(C)=O)C(c2ccc(F)c(F)c2)N=C(OC)N1.COC(=O)C1(c2ccccc2)CCN(CCCN)CC1. The minimum Gasteiger partial charge on any atom is -0.478 e. The first kappa shape index (κ1) is 105. The molecule has 0 aromatic heterocycles. The van der Waals surface area contributed by atoms with Crippen LogP contribution >= 0.6 is 0 Å². The number of rotatable bonds is 23. The van der Waals surface area contributed by atoms with Crippen molar-refractivity contribution < 1.29 is 126 Å². The van der Waals surface area contributed by atoms with Crippen molar-refractivity contribution in [1.82, 2.24) is 45.8 Å². The van der Waals surface area contributed by atoms with E-state index in [0.717, 1.165) is 137 Å². The number of ether oxygens (including phenoxy) is 7. The van der Waals surface area contributed by atoms with E-state index in [4.69, 9.17) is 34.2 Å². The second-order valence-corrected chi connectivity index (χ2v) is 30.7. The van der Waals surface area contributed by atoms with Crippen LogP contribution in [-0.2, 0) is 72.8 Å². The average molecular weight is 1860 g/mol. The maximum Gasteiger partial charge on any atom is 0.418 e. The van der Waals surface area contributed by atoms with E-state index < -0.39 is 124 Å². The molecule has 133 heavy (non-hydrogen) atoms. The molecule has 2 fully saturated rings. The Hall–Kier alpha value is -13.7. The van der Waals surface area contributed by atoms with Gasteiger partial charge in [0.15, 0.2) is 58.1 Å². The van der Waals surface area contributed by atoms with Gasteiger partial charge in [-0.2, -0.15) is 0 Å². The fraction of sp³-hybridized carbons (Fsp3) is 0.394. The molecule has 0 radical (unpaired) electrons. The Balaban J connectivity index is 0.000000212. The van der Waals surface area contributed by atoms with Crippen molar-refractivity contribution in [2.75, 3.05) is 102 Å². The molecule has 2 saturated heterocycles. The summed E-state index contributed by atoms with van der Waals surface area (Å²) in [6, 6.07) is 25.7.